The number of rotatable bonds is 8. The molecule has 0 saturated heterocycles. The molecular weight excluding hydrogens is 220 g/mol. The molecule has 0 saturated carbocycles. The largest absolute Gasteiger partial charge is 0.382 e. The SMILES string of the molecule is COCCOCCCn1ccn(C(C)C)c1=O. The molecule has 0 aliphatic carbocycles. The van der Waals surface area contributed by atoms with E-state index in [1.807, 2.05) is 26.2 Å². The van der Waals surface area contributed by atoms with Crippen molar-refractivity contribution in [2.24, 2.45) is 0 Å². The Morgan fingerprint density at radius 1 is 1.24 bits per heavy atom. The highest BCUT2D eigenvalue weighted by Crippen LogP contribution is 1.99. The van der Waals surface area contributed by atoms with Gasteiger partial charge >= 0.3 is 5.69 Å². The van der Waals surface area contributed by atoms with Crippen LogP contribution in [0.25, 0.3) is 0 Å². The number of aromatic nitrogens is 2. The van der Waals surface area contributed by atoms with Crippen molar-refractivity contribution in [3.8, 4) is 0 Å². The molecule has 0 N–H and O–H groups in total. The maximum Gasteiger partial charge on any atom is 0.328 e. The molecule has 17 heavy (non-hydrogen) atoms. The molecule has 0 amide bonds. The van der Waals surface area contributed by atoms with E-state index >= 15 is 0 Å². The average Bonchev–Trinajstić information content (AvgIpc) is 2.65. The van der Waals surface area contributed by atoms with E-state index in [9.17, 15) is 4.79 Å². The summed E-state index contributed by atoms with van der Waals surface area (Å²) >= 11 is 0. The Kier molecular flexibility index (Phi) is 6.00. The van der Waals surface area contributed by atoms with Crippen molar-refractivity contribution in [2.45, 2.75) is 32.9 Å². The Morgan fingerprint density at radius 2 is 2.00 bits per heavy atom. The van der Waals surface area contributed by atoms with Crippen LogP contribution >= 0.6 is 0 Å². The third kappa shape index (κ3) is 4.36. The Hall–Kier alpha value is -1.07. The van der Waals surface area contributed by atoms with Gasteiger partial charge in [-0.15, -0.1) is 0 Å². The number of nitrogens with zero attached hydrogens (tertiary/aromatic N) is 2. The zero-order valence-electron chi connectivity index (χ0n) is 10.9. The van der Waals surface area contributed by atoms with Crippen molar-refractivity contribution >= 4 is 0 Å². The van der Waals surface area contributed by atoms with Crippen LogP contribution < -0.4 is 5.69 Å². The summed E-state index contributed by atoms with van der Waals surface area (Å²) < 4.78 is 13.7. The van der Waals surface area contributed by atoms with Gasteiger partial charge < -0.3 is 9.47 Å². The third-order valence-corrected chi connectivity index (χ3v) is 2.55. The minimum atomic E-state index is 0.0527. The number of ether oxygens (including phenoxy) is 2. The van der Waals surface area contributed by atoms with Crippen molar-refractivity contribution in [3.63, 3.8) is 0 Å². The Labute approximate surface area is 102 Å². The molecule has 98 valence electrons. The minimum Gasteiger partial charge on any atom is -0.382 e. The number of methoxy groups -OCH3 is 1. The highest BCUT2D eigenvalue weighted by Gasteiger charge is 2.05. The molecule has 0 radical (unpaired) electrons. The molecule has 1 heterocycles. The summed E-state index contributed by atoms with van der Waals surface area (Å²) in [5, 5.41) is 0. The second-order valence-electron chi connectivity index (χ2n) is 4.23. The molecule has 0 bridgehead atoms. The highest BCUT2D eigenvalue weighted by atomic mass is 16.5. The summed E-state index contributed by atoms with van der Waals surface area (Å²) in [5.41, 5.74) is 0.0527. The van der Waals surface area contributed by atoms with Gasteiger partial charge in [-0.1, -0.05) is 0 Å². The van der Waals surface area contributed by atoms with Crippen molar-refractivity contribution in [1.82, 2.24) is 9.13 Å². The average molecular weight is 242 g/mol. The first-order valence-corrected chi connectivity index (χ1v) is 6.00. The number of hydrogen-bond acceptors (Lipinski definition) is 3. The quantitative estimate of drug-likeness (QED) is 0.645. The standard InChI is InChI=1S/C12H22N2O3/c1-11(2)14-7-6-13(12(14)15)5-4-8-17-10-9-16-3/h6-7,11H,4-5,8-10H2,1-3H3. The van der Waals surface area contributed by atoms with Gasteiger partial charge in [0.2, 0.25) is 0 Å². The van der Waals surface area contributed by atoms with Gasteiger partial charge in [-0.2, -0.15) is 0 Å². The Bertz CT molecular complexity index is 368. The molecule has 0 aliphatic heterocycles. The van der Waals surface area contributed by atoms with E-state index in [4.69, 9.17) is 9.47 Å². The molecule has 0 spiro atoms. The van der Waals surface area contributed by atoms with Gasteiger partial charge in [-0.25, -0.2) is 4.79 Å². The second kappa shape index (κ2) is 7.29. The lowest BCUT2D eigenvalue weighted by molar-refractivity contribution is 0.0679. The number of hydrogen-bond donors (Lipinski definition) is 0. The van der Waals surface area contributed by atoms with Gasteiger partial charge in [0.1, 0.15) is 0 Å². The van der Waals surface area contributed by atoms with Crippen LogP contribution in [0.15, 0.2) is 17.2 Å². The molecule has 1 aromatic rings. The third-order valence-electron chi connectivity index (χ3n) is 2.55. The van der Waals surface area contributed by atoms with Crippen molar-refractivity contribution in [1.29, 1.82) is 0 Å². The summed E-state index contributed by atoms with van der Waals surface area (Å²) in [4.78, 5) is 11.8. The molecule has 0 aromatic carbocycles. The zero-order chi connectivity index (χ0) is 12.7. The molecule has 0 atom stereocenters. The van der Waals surface area contributed by atoms with E-state index in [1.54, 1.807) is 16.2 Å². The Morgan fingerprint density at radius 3 is 2.59 bits per heavy atom. The second-order valence-corrected chi connectivity index (χ2v) is 4.23. The van der Waals surface area contributed by atoms with Crippen molar-refractivity contribution in [3.05, 3.63) is 22.9 Å². The number of aryl methyl sites for hydroxylation is 1. The van der Waals surface area contributed by atoms with Crippen LogP contribution in [0.2, 0.25) is 0 Å². The van der Waals surface area contributed by atoms with Crippen molar-refractivity contribution in [2.75, 3.05) is 26.9 Å². The monoisotopic (exact) mass is 242 g/mol. The van der Waals surface area contributed by atoms with Gasteiger partial charge in [0, 0.05) is 38.7 Å². The maximum atomic E-state index is 11.8. The summed E-state index contributed by atoms with van der Waals surface area (Å²) in [7, 11) is 1.65. The molecular formula is C12H22N2O3. The van der Waals surface area contributed by atoms with Gasteiger partial charge in [0.25, 0.3) is 0 Å². The molecule has 1 aromatic heterocycles. The summed E-state index contributed by atoms with van der Waals surface area (Å²) in [6, 6.07) is 0.210. The number of imidazole rings is 1. The van der Waals surface area contributed by atoms with Crippen LogP contribution in [0.5, 0.6) is 0 Å². The normalized spacial score (nSPS) is 11.3. The molecule has 0 unspecified atom stereocenters. The Balaban J connectivity index is 2.30. The van der Waals surface area contributed by atoms with Gasteiger partial charge in [-0.3, -0.25) is 9.13 Å². The fourth-order valence-corrected chi connectivity index (χ4v) is 1.57. The predicted octanol–water partition coefficient (Wildman–Crippen LogP) is 1.28. The molecule has 5 heteroatoms. The first-order valence-electron chi connectivity index (χ1n) is 6.00. The lowest BCUT2D eigenvalue weighted by Crippen LogP contribution is -2.25. The maximum absolute atomic E-state index is 11.8. The predicted molar refractivity (Wildman–Crippen MR) is 66.4 cm³/mol. The van der Waals surface area contributed by atoms with Crippen LogP contribution in [0.1, 0.15) is 26.3 Å². The van der Waals surface area contributed by atoms with E-state index in [1.165, 1.54) is 0 Å². The summed E-state index contributed by atoms with van der Waals surface area (Å²) in [6.45, 7) is 6.58. The van der Waals surface area contributed by atoms with Gasteiger partial charge in [0.15, 0.2) is 0 Å². The first-order chi connectivity index (χ1) is 8.16. The highest BCUT2D eigenvalue weighted by molar-refractivity contribution is 4.83. The molecule has 1 rings (SSSR count). The van der Waals surface area contributed by atoms with E-state index in [0.29, 0.717) is 26.4 Å². The van der Waals surface area contributed by atoms with Crippen LogP contribution in [0.4, 0.5) is 0 Å². The minimum absolute atomic E-state index is 0.0527. The van der Waals surface area contributed by atoms with E-state index in [2.05, 4.69) is 0 Å². The lowest BCUT2D eigenvalue weighted by atomic mass is 10.4. The smallest absolute Gasteiger partial charge is 0.328 e. The zero-order valence-corrected chi connectivity index (χ0v) is 10.9. The molecule has 0 aliphatic rings. The van der Waals surface area contributed by atoms with Crippen LogP contribution in [0.3, 0.4) is 0 Å². The molecule has 0 fully saturated rings. The van der Waals surface area contributed by atoms with Crippen LogP contribution in [-0.4, -0.2) is 36.1 Å². The van der Waals surface area contributed by atoms with Crippen molar-refractivity contribution < 1.29 is 9.47 Å². The lowest BCUT2D eigenvalue weighted by Gasteiger charge is -2.05. The fourth-order valence-electron chi connectivity index (χ4n) is 1.57. The topological polar surface area (TPSA) is 45.4 Å². The van der Waals surface area contributed by atoms with E-state index < -0.39 is 0 Å². The summed E-state index contributed by atoms with van der Waals surface area (Å²) in [6.07, 6.45) is 4.50. The van der Waals surface area contributed by atoms with Gasteiger partial charge in [0.05, 0.1) is 13.2 Å². The van der Waals surface area contributed by atoms with Crippen LogP contribution in [0, 0.1) is 0 Å². The first kappa shape index (κ1) is 14.0. The van der Waals surface area contributed by atoms with E-state index in [0.717, 1.165) is 6.42 Å². The van der Waals surface area contributed by atoms with Gasteiger partial charge in [-0.05, 0) is 20.3 Å². The molecule has 5 nitrogen and oxygen atoms in total. The summed E-state index contributed by atoms with van der Waals surface area (Å²) in [5.74, 6) is 0. The fraction of sp³-hybridized carbons (Fsp3) is 0.750. The van der Waals surface area contributed by atoms with E-state index in [-0.39, 0.29) is 11.7 Å². The van der Waals surface area contributed by atoms with Crippen LogP contribution in [-0.2, 0) is 16.0 Å².